The molecule has 0 saturated heterocycles. The summed E-state index contributed by atoms with van der Waals surface area (Å²) < 4.78 is 6.65. The molecule has 2 rings (SSSR count). The standard InChI is InChI=1S/C19H27N5O4S/c1-7-8-23-17(26)14(13(6)20-18(23)27)9-15-21-22-19(28-15)29-10-16(25)24(11(2)3)12(4)5/h7,11-12H,1,8-10H2,2-6H3,(H,20,27). The Kier molecular flexibility index (Phi) is 7.60. The van der Waals surface area contributed by atoms with Gasteiger partial charge in [0.15, 0.2) is 0 Å². The number of aryl methyl sites for hydroxylation is 1. The van der Waals surface area contributed by atoms with E-state index in [1.165, 1.54) is 6.08 Å². The third-order valence-electron chi connectivity index (χ3n) is 4.30. The molecule has 2 heterocycles. The Balaban J connectivity index is 2.13. The van der Waals surface area contributed by atoms with Crippen LogP contribution in [0.5, 0.6) is 0 Å². The summed E-state index contributed by atoms with van der Waals surface area (Å²) in [5.41, 5.74) is -0.0875. The number of hydrogen-bond donors (Lipinski definition) is 1. The molecule has 0 unspecified atom stereocenters. The van der Waals surface area contributed by atoms with Crippen molar-refractivity contribution >= 4 is 17.7 Å². The van der Waals surface area contributed by atoms with Gasteiger partial charge in [0.05, 0.1) is 12.2 Å². The number of aromatic nitrogens is 4. The first-order chi connectivity index (χ1) is 13.6. The predicted octanol–water partition coefficient (Wildman–Crippen LogP) is 1.74. The van der Waals surface area contributed by atoms with Crippen molar-refractivity contribution < 1.29 is 9.21 Å². The van der Waals surface area contributed by atoms with E-state index in [0.717, 1.165) is 16.3 Å². The van der Waals surface area contributed by atoms with Gasteiger partial charge in [-0.1, -0.05) is 17.8 Å². The summed E-state index contributed by atoms with van der Waals surface area (Å²) in [6.07, 6.45) is 1.57. The number of rotatable bonds is 9. The van der Waals surface area contributed by atoms with Crippen molar-refractivity contribution in [3.8, 4) is 0 Å². The molecule has 158 valence electrons. The van der Waals surface area contributed by atoms with Crippen LogP contribution in [0.15, 0.2) is 31.9 Å². The molecule has 0 radical (unpaired) electrons. The van der Waals surface area contributed by atoms with E-state index in [9.17, 15) is 14.4 Å². The molecular formula is C19H27N5O4S. The molecular weight excluding hydrogens is 394 g/mol. The Bertz CT molecular complexity index is 981. The molecule has 0 fully saturated rings. The monoisotopic (exact) mass is 421 g/mol. The molecule has 0 atom stereocenters. The number of aromatic amines is 1. The van der Waals surface area contributed by atoms with Gasteiger partial charge in [-0.15, -0.1) is 16.8 Å². The summed E-state index contributed by atoms with van der Waals surface area (Å²) in [6.45, 7) is 13.2. The Labute approximate surface area is 173 Å². The summed E-state index contributed by atoms with van der Waals surface area (Å²) >= 11 is 1.16. The molecule has 0 saturated carbocycles. The van der Waals surface area contributed by atoms with Crippen LogP contribution >= 0.6 is 11.8 Å². The average Bonchev–Trinajstić information content (AvgIpc) is 3.07. The first-order valence-corrected chi connectivity index (χ1v) is 10.3. The van der Waals surface area contributed by atoms with Gasteiger partial charge in [0.1, 0.15) is 0 Å². The molecule has 9 nitrogen and oxygen atoms in total. The highest BCUT2D eigenvalue weighted by atomic mass is 32.2. The number of allylic oxidation sites excluding steroid dienone is 1. The second-order valence-electron chi connectivity index (χ2n) is 7.15. The van der Waals surface area contributed by atoms with Crippen molar-refractivity contribution in [1.82, 2.24) is 24.6 Å². The lowest BCUT2D eigenvalue weighted by Gasteiger charge is -2.30. The van der Waals surface area contributed by atoms with Crippen molar-refractivity contribution in [2.75, 3.05) is 5.75 Å². The summed E-state index contributed by atoms with van der Waals surface area (Å²) in [5.74, 6) is 0.410. The van der Waals surface area contributed by atoms with Crippen molar-refractivity contribution in [3.05, 3.63) is 50.6 Å². The lowest BCUT2D eigenvalue weighted by molar-refractivity contribution is -0.131. The molecule has 1 amide bonds. The third kappa shape index (κ3) is 5.47. The fraction of sp³-hybridized carbons (Fsp3) is 0.526. The molecule has 0 bridgehead atoms. The zero-order valence-electron chi connectivity index (χ0n) is 17.4. The van der Waals surface area contributed by atoms with E-state index in [1.54, 1.807) is 11.8 Å². The highest BCUT2D eigenvalue weighted by Gasteiger charge is 2.21. The maximum Gasteiger partial charge on any atom is 0.328 e. The molecule has 0 aliphatic rings. The maximum atomic E-state index is 12.6. The minimum Gasteiger partial charge on any atom is -0.416 e. The number of nitrogens with zero attached hydrogens (tertiary/aromatic N) is 4. The SMILES string of the molecule is C=CCn1c(=O)[nH]c(C)c(Cc2nnc(SCC(=O)N(C(C)C)C(C)C)o2)c1=O. The predicted molar refractivity (Wildman–Crippen MR) is 111 cm³/mol. The average molecular weight is 422 g/mol. The van der Waals surface area contributed by atoms with Crippen LogP contribution in [0.4, 0.5) is 0 Å². The van der Waals surface area contributed by atoms with Crippen molar-refractivity contribution in [3.63, 3.8) is 0 Å². The first-order valence-electron chi connectivity index (χ1n) is 9.35. The van der Waals surface area contributed by atoms with Gasteiger partial charge in [-0.05, 0) is 34.6 Å². The Morgan fingerprint density at radius 1 is 1.28 bits per heavy atom. The Hall–Kier alpha value is -2.62. The molecule has 1 N–H and O–H groups in total. The zero-order chi connectivity index (χ0) is 21.7. The van der Waals surface area contributed by atoms with Crippen LogP contribution in [0.3, 0.4) is 0 Å². The highest BCUT2D eigenvalue weighted by molar-refractivity contribution is 7.99. The van der Waals surface area contributed by atoms with Gasteiger partial charge in [-0.25, -0.2) is 4.79 Å². The molecule has 2 aromatic heterocycles. The van der Waals surface area contributed by atoms with E-state index in [4.69, 9.17) is 4.42 Å². The van der Waals surface area contributed by atoms with Crippen LogP contribution in [-0.2, 0) is 17.8 Å². The second-order valence-corrected chi connectivity index (χ2v) is 8.08. The molecule has 0 aliphatic carbocycles. The number of hydrogen-bond acceptors (Lipinski definition) is 7. The number of carbonyl (C=O) groups is 1. The Morgan fingerprint density at radius 2 is 1.93 bits per heavy atom. The second kappa shape index (κ2) is 9.73. The van der Waals surface area contributed by atoms with Crippen LogP contribution in [0.1, 0.15) is 44.8 Å². The van der Waals surface area contributed by atoms with E-state index in [2.05, 4.69) is 21.8 Å². The van der Waals surface area contributed by atoms with E-state index >= 15 is 0 Å². The van der Waals surface area contributed by atoms with Crippen LogP contribution in [0, 0.1) is 6.92 Å². The topological polar surface area (TPSA) is 114 Å². The summed E-state index contributed by atoms with van der Waals surface area (Å²) in [4.78, 5) is 41.4. The van der Waals surface area contributed by atoms with Crippen LogP contribution in [0.2, 0.25) is 0 Å². The Morgan fingerprint density at radius 3 is 2.52 bits per heavy atom. The van der Waals surface area contributed by atoms with Crippen molar-refractivity contribution in [2.45, 2.75) is 64.9 Å². The minimum absolute atomic E-state index is 0.0106. The molecule has 29 heavy (non-hydrogen) atoms. The van der Waals surface area contributed by atoms with Crippen LogP contribution in [0.25, 0.3) is 0 Å². The van der Waals surface area contributed by atoms with Crippen molar-refractivity contribution in [1.29, 1.82) is 0 Å². The van der Waals surface area contributed by atoms with Gasteiger partial charge in [0.25, 0.3) is 10.8 Å². The third-order valence-corrected chi connectivity index (χ3v) is 5.11. The number of nitrogens with one attached hydrogen (secondary N) is 1. The van der Waals surface area contributed by atoms with E-state index in [1.807, 2.05) is 27.7 Å². The zero-order valence-corrected chi connectivity index (χ0v) is 18.2. The van der Waals surface area contributed by atoms with E-state index < -0.39 is 11.2 Å². The fourth-order valence-electron chi connectivity index (χ4n) is 3.11. The number of thioether (sulfide) groups is 1. The highest BCUT2D eigenvalue weighted by Crippen LogP contribution is 2.19. The van der Waals surface area contributed by atoms with Crippen LogP contribution < -0.4 is 11.2 Å². The lowest BCUT2D eigenvalue weighted by Crippen LogP contribution is -2.43. The van der Waals surface area contributed by atoms with E-state index in [-0.39, 0.29) is 47.8 Å². The minimum atomic E-state index is -0.490. The van der Waals surface area contributed by atoms with Gasteiger partial charge < -0.3 is 14.3 Å². The normalized spacial score (nSPS) is 11.3. The summed E-state index contributed by atoms with van der Waals surface area (Å²) in [6, 6.07) is 0.199. The van der Waals surface area contributed by atoms with Gasteiger partial charge in [-0.2, -0.15) is 0 Å². The van der Waals surface area contributed by atoms with Gasteiger partial charge >= 0.3 is 5.69 Å². The van der Waals surface area contributed by atoms with Gasteiger partial charge in [0.2, 0.25) is 11.8 Å². The smallest absolute Gasteiger partial charge is 0.328 e. The first kappa shape index (κ1) is 22.7. The fourth-order valence-corrected chi connectivity index (χ4v) is 3.76. The number of carbonyl (C=O) groups excluding carboxylic acids is 1. The maximum absolute atomic E-state index is 12.6. The molecule has 10 heteroatoms. The van der Waals surface area contributed by atoms with E-state index in [0.29, 0.717) is 11.3 Å². The molecule has 0 aliphatic heterocycles. The summed E-state index contributed by atoms with van der Waals surface area (Å²) in [5, 5.41) is 8.17. The van der Waals surface area contributed by atoms with Crippen molar-refractivity contribution in [2.24, 2.45) is 0 Å². The lowest BCUT2D eigenvalue weighted by atomic mass is 10.1. The van der Waals surface area contributed by atoms with Gasteiger partial charge in [-0.3, -0.25) is 14.2 Å². The number of H-pyrrole nitrogens is 1. The molecule has 0 aromatic carbocycles. The van der Waals surface area contributed by atoms with Crippen LogP contribution in [-0.4, -0.2) is 48.4 Å². The quantitative estimate of drug-likeness (QED) is 0.484. The summed E-state index contributed by atoms with van der Waals surface area (Å²) in [7, 11) is 0. The molecule has 0 spiro atoms. The number of amides is 1. The molecule has 2 aromatic rings. The largest absolute Gasteiger partial charge is 0.416 e. The van der Waals surface area contributed by atoms with Gasteiger partial charge in [0, 0.05) is 29.9 Å².